The number of benzene rings is 1. The number of anilines is 1. The Morgan fingerprint density at radius 3 is 2.74 bits per heavy atom. The first kappa shape index (κ1) is 19.3. The second kappa shape index (κ2) is 8.48. The summed E-state index contributed by atoms with van der Waals surface area (Å²) < 4.78 is 1.91. The zero-order valence-electron chi connectivity index (χ0n) is 16.4. The molecule has 2 aromatic heterocycles. The summed E-state index contributed by atoms with van der Waals surface area (Å²) in [6.07, 6.45) is 3.63. The van der Waals surface area contributed by atoms with Gasteiger partial charge in [0.15, 0.2) is 0 Å². The van der Waals surface area contributed by atoms with E-state index < -0.39 is 0 Å². The molecule has 1 aromatic carbocycles. The average Bonchev–Trinajstić information content (AvgIpc) is 3.20. The third kappa shape index (κ3) is 4.45. The molecule has 0 bridgehead atoms. The predicted octanol–water partition coefficient (Wildman–Crippen LogP) is 4.78. The van der Waals surface area contributed by atoms with Crippen molar-refractivity contribution in [1.29, 1.82) is 0 Å². The number of aryl methyl sites for hydroxylation is 2. The number of carbonyl (C=O) groups excluding carboxylic acids is 1. The van der Waals surface area contributed by atoms with E-state index in [1.165, 1.54) is 23.3 Å². The fourth-order valence-corrected chi connectivity index (χ4v) is 3.95. The molecular formula is C21H26N4OS. The van der Waals surface area contributed by atoms with Gasteiger partial charge < -0.3 is 5.32 Å². The number of unbranched alkanes of at least 4 members (excludes halogenated alkanes) is 1. The van der Waals surface area contributed by atoms with Crippen molar-refractivity contribution in [3.05, 3.63) is 57.9 Å². The minimum absolute atomic E-state index is 0.0573. The van der Waals surface area contributed by atoms with Gasteiger partial charge in [-0.3, -0.25) is 4.79 Å². The summed E-state index contributed by atoms with van der Waals surface area (Å²) in [6.45, 7) is 8.33. The van der Waals surface area contributed by atoms with Crippen molar-refractivity contribution in [2.24, 2.45) is 0 Å². The van der Waals surface area contributed by atoms with E-state index in [9.17, 15) is 4.79 Å². The molecule has 0 aliphatic carbocycles. The van der Waals surface area contributed by atoms with Crippen molar-refractivity contribution in [2.45, 2.75) is 53.4 Å². The second-order valence-electron chi connectivity index (χ2n) is 6.83. The lowest BCUT2D eigenvalue weighted by molar-refractivity contribution is -0.115. The minimum atomic E-state index is -0.0573. The minimum Gasteiger partial charge on any atom is -0.326 e. The van der Waals surface area contributed by atoms with Crippen molar-refractivity contribution in [3.63, 3.8) is 0 Å². The number of nitrogens with one attached hydrogen (secondary N) is 1. The van der Waals surface area contributed by atoms with Crippen LogP contribution in [0.15, 0.2) is 29.6 Å². The van der Waals surface area contributed by atoms with E-state index in [2.05, 4.69) is 36.2 Å². The van der Waals surface area contributed by atoms with Gasteiger partial charge in [-0.05, 0) is 50.8 Å². The summed E-state index contributed by atoms with van der Waals surface area (Å²) in [4.78, 5) is 17.0. The summed E-state index contributed by atoms with van der Waals surface area (Å²) in [5.41, 5.74) is 6.18. The molecular weight excluding hydrogens is 356 g/mol. The number of rotatable bonds is 7. The van der Waals surface area contributed by atoms with Crippen LogP contribution in [0, 0.1) is 20.8 Å². The Morgan fingerprint density at radius 1 is 1.22 bits per heavy atom. The summed E-state index contributed by atoms with van der Waals surface area (Å²) in [5, 5.41) is 10.4. The van der Waals surface area contributed by atoms with Crippen LogP contribution >= 0.6 is 11.3 Å². The van der Waals surface area contributed by atoms with Crippen LogP contribution in [-0.2, 0) is 17.6 Å². The van der Waals surface area contributed by atoms with Gasteiger partial charge in [-0.2, -0.15) is 5.10 Å². The Bertz CT molecular complexity index is 942. The number of hydrogen-bond acceptors (Lipinski definition) is 4. The molecule has 2 heterocycles. The quantitative estimate of drug-likeness (QED) is 0.640. The second-order valence-corrected chi connectivity index (χ2v) is 7.66. The lowest BCUT2D eigenvalue weighted by atomic mass is 10.1. The molecule has 0 fully saturated rings. The number of nitrogens with zero attached hydrogens (tertiary/aromatic N) is 3. The first-order valence-electron chi connectivity index (χ1n) is 9.35. The predicted molar refractivity (Wildman–Crippen MR) is 111 cm³/mol. The lowest BCUT2D eigenvalue weighted by Gasteiger charge is -2.06. The maximum atomic E-state index is 12.4. The fourth-order valence-electron chi connectivity index (χ4n) is 3.12. The molecule has 0 atom stereocenters. The average molecular weight is 383 g/mol. The molecule has 1 amide bonds. The number of hydrogen-bond donors (Lipinski definition) is 1. The van der Waals surface area contributed by atoms with Gasteiger partial charge in [-0.15, -0.1) is 11.3 Å². The molecule has 5 nitrogen and oxygen atoms in total. The zero-order valence-corrected chi connectivity index (χ0v) is 17.2. The van der Waals surface area contributed by atoms with E-state index in [1.54, 1.807) is 0 Å². The zero-order chi connectivity index (χ0) is 19.4. The number of aromatic nitrogens is 3. The first-order valence-corrected chi connectivity index (χ1v) is 10.2. The van der Waals surface area contributed by atoms with E-state index in [1.807, 2.05) is 41.3 Å². The first-order chi connectivity index (χ1) is 13.0. The van der Waals surface area contributed by atoms with E-state index >= 15 is 0 Å². The van der Waals surface area contributed by atoms with Crippen LogP contribution in [0.4, 0.5) is 5.69 Å². The van der Waals surface area contributed by atoms with Gasteiger partial charge in [0.25, 0.3) is 0 Å². The number of para-hydroxylation sites is 1. The van der Waals surface area contributed by atoms with Crippen LogP contribution in [0.25, 0.3) is 5.13 Å². The van der Waals surface area contributed by atoms with Crippen molar-refractivity contribution in [1.82, 2.24) is 14.8 Å². The molecule has 0 aliphatic heterocycles. The summed E-state index contributed by atoms with van der Waals surface area (Å²) >= 11 is 1.52. The molecule has 3 rings (SSSR count). The van der Waals surface area contributed by atoms with E-state index in [4.69, 9.17) is 0 Å². The Hall–Kier alpha value is -2.47. The molecule has 3 aromatic rings. The maximum absolute atomic E-state index is 12.4. The molecule has 142 valence electrons. The molecule has 0 unspecified atom stereocenters. The molecule has 0 saturated heterocycles. The van der Waals surface area contributed by atoms with Crippen molar-refractivity contribution in [2.75, 3.05) is 5.32 Å². The highest BCUT2D eigenvalue weighted by molar-refractivity contribution is 7.12. The van der Waals surface area contributed by atoms with Crippen molar-refractivity contribution < 1.29 is 4.79 Å². The molecule has 0 radical (unpaired) electrons. The van der Waals surface area contributed by atoms with Gasteiger partial charge in [0.1, 0.15) is 0 Å². The largest absolute Gasteiger partial charge is 0.326 e. The number of carbonyl (C=O) groups is 1. The monoisotopic (exact) mass is 382 g/mol. The highest BCUT2D eigenvalue weighted by Gasteiger charge is 2.16. The summed E-state index contributed by atoms with van der Waals surface area (Å²) in [5.74, 6) is -0.0573. The molecule has 0 aliphatic rings. The van der Waals surface area contributed by atoms with E-state index in [0.29, 0.717) is 0 Å². The van der Waals surface area contributed by atoms with Gasteiger partial charge in [0.05, 0.1) is 17.8 Å². The van der Waals surface area contributed by atoms with Crippen LogP contribution in [0.1, 0.15) is 48.0 Å². The van der Waals surface area contributed by atoms with Crippen molar-refractivity contribution in [3.8, 4) is 5.13 Å². The third-order valence-corrected chi connectivity index (χ3v) is 5.57. The smallest absolute Gasteiger partial charge is 0.230 e. The van der Waals surface area contributed by atoms with Crippen LogP contribution in [0.3, 0.4) is 0 Å². The highest BCUT2D eigenvalue weighted by Crippen LogP contribution is 2.22. The fraction of sp³-hybridized carbons (Fsp3) is 0.381. The summed E-state index contributed by atoms with van der Waals surface area (Å²) in [7, 11) is 0. The SMILES string of the molecule is CCCCc1c(C)nn(-c2nc(CC(=O)Nc3ccccc3C)cs2)c1C. The van der Waals surface area contributed by atoms with Crippen LogP contribution in [0.2, 0.25) is 0 Å². The van der Waals surface area contributed by atoms with Gasteiger partial charge in [0.2, 0.25) is 11.0 Å². The van der Waals surface area contributed by atoms with Crippen LogP contribution in [0.5, 0.6) is 0 Å². The molecule has 0 spiro atoms. The molecule has 0 saturated carbocycles. The van der Waals surface area contributed by atoms with Gasteiger partial charge in [-0.1, -0.05) is 31.5 Å². The third-order valence-electron chi connectivity index (χ3n) is 4.70. The highest BCUT2D eigenvalue weighted by atomic mass is 32.1. The Balaban J connectivity index is 1.72. The van der Waals surface area contributed by atoms with E-state index in [-0.39, 0.29) is 12.3 Å². The van der Waals surface area contributed by atoms with Gasteiger partial charge in [0, 0.05) is 16.8 Å². The molecule has 27 heavy (non-hydrogen) atoms. The van der Waals surface area contributed by atoms with E-state index in [0.717, 1.165) is 46.3 Å². The van der Waals surface area contributed by atoms with Gasteiger partial charge >= 0.3 is 0 Å². The standard InChI is InChI=1S/C21H26N4OS/c1-5-6-10-18-15(3)24-25(16(18)4)21-22-17(13-27-21)12-20(26)23-19-11-8-7-9-14(19)2/h7-9,11,13H,5-6,10,12H2,1-4H3,(H,23,26). The van der Waals surface area contributed by atoms with Crippen LogP contribution in [-0.4, -0.2) is 20.7 Å². The number of amides is 1. The van der Waals surface area contributed by atoms with Crippen LogP contribution < -0.4 is 5.32 Å². The normalized spacial score (nSPS) is 11.0. The Kier molecular flexibility index (Phi) is 6.06. The lowest BCUT2D eigenvalue weighted by Crippen LogP contribution is -2.15. The summed E-state index contributed by atoms with van der Waals surface area (Å²) in [6, 6.07) is 7.77. The van der Waals surface area contributed by atoms with Crippen molar-refractivity contribution >= 4 is 22.9 Å². The molecule has 6 heteroatoms. The number of thiazole rings is 1. The Morgan fingerprint density at radius 2 is 2.00 bits per heavy atom. The topological polar surface area (TPSA) is 59.8 Å². The van der Waals surface area contributed by atoms with Gasteiger partial charge in [-0.25, -0.2) is 9.67 Å². The maximum Gasteiger partial charge on any atom is 0.230 e. The Labute approximate surface area is 164 Å². The molecule has 1 N–H and O–H groups in total.